The maximum Gasteiger partial charge on any atom is 0.417 e. The van der Waals surface area contributed by atoms with Crippen molar-refractivity contribution in [1.82, 2.24) is 15.3 Å². The highest BCUT2D eigenvalue weighted by atomic mass is 16.4. The second-order valence-electron chi connectivity index (χ2n) is 7.08. The number of carbonyl (C=O) groups is 2. The highest BCUT2D eigenvalue weighted by molar-refractivity contribution is 6.01. The van der Waals surface area contributed by atoms with Gasteiger partial charge in [0.1, 0.15) is 5.82 Å². The van der Waals surface area contributed by atoms with Crippen LogP contribution >= 0.6 is 0 Å². The van der Waals surface area contributed by atoms with Gasteiger partial charge in [-0.3, -0.25) is 4.79 Å². The first-order valence-corrected chi connectivity index (χ1v) is 9.60. The third-order valence-electron chi connectivity index (χ3n) is 5.24. The fourth-order valence-corrected chi connectivity index (χ4v) is 3.83. The molecule has 4 aromatic rings. The van der Waals surface area contributed by atoms with Crippen molar-refractivity contribution in [2.24, 2.45) is 0 Å². The topological polar surface area (TPSA) is 98.3 Å². The number of rotatable bonds is 3. The van der Waals surface area contributed by atoms with Gasteiger partial charge in [0.2, 0.25) is 0 Å². The third kappa shape index (κ3) is 2.97. The summed E-state index contributed by atoms with van der Waals surface area (Å²) in [5, 5.41) is 13.5. The van der Waals surface area contributed by atoms with Crippen molar-refractivity contribution < 1.29 is 14.7 Å². The molecule has 148 valence electrons. The number of H-pyrrole nitrogens is 1. The van der Waals surface area contributed by atoms with Crippen molar-refractivity contribution in [3.63, 3.8) is 0 Å². The minimum absolute atomic E-state index is 0.0891. The molecule has 0 atom stereocenters. The first-order valence-electron chi connectivity index (χ1n) is 9.60. The van der Waals surface area contributed by atoms with Crippen LogP contribution in [0.2, 0.25) is 0 Å². The number of benzene rings is 2. The summed E-state index contributed by atoms with van der Waals surface area (Å²) in [5.41, 5.74) is 4.32. The standard InChI is InChI=1S/C23H18N4O3/c28-22-17-13-19(25-18(17)11-12-24-22)16-8-4-5-14-9-10-20(26-21(14)16)27(23(29)30)15-6-2-1-3-7-15/h1-10,13,25H,11-12H2,(H,24,28)(H,29,30). The number of anilines is 2. The van der Waals surface area contributed by atoms with Gasteiger partial charge in [-0.1, -0.05) is 36.4 Å². The minimum atomic E-state index is -1.11. The van der Waals surface area contributed by atoms with E-state index >= 15 is 0 Å². The van der Waals surface area contributed by atoms with E-state index in [9.17, 15) is 14.7 Å². The Morgan fingerprint density at radius 1 is 1.00 bits per heavy atom. The normalized spacial score (nSPS) is 13.0. The number of aromatic amines is 1. The Hall–Kier alpha value is -4.13. The molecule has 1 aliphatic rings. The smallest absolute Gasteiger partial charge is 0.417 e. The lowest BCUT2D eigenvalue weighted by Gasteiger charge is -2.19. The maximum atomic E-state index is 12.2. The quantitative estimate of drug-likeness (QED) is 0.478. The molecule has 0 bridgehead atoms. The Kier molecular flexibility index (Phi) is 4.21. The van der Waals surface area contributed by atoms with Crippen LogP contribution in [0.4, 0.5) is 16.3 Å². The average Bonchev–Trinajstić information content (AvgIpc) is 3.19. The first-order chi connectivity index (χ1) is 14.6. The predicted octanol–water partition coefficient (Wildman–Crippen LogP) is 4.33. The van der Waals surface area contributed by atoms with Gasteiger partial charge in [-0.2, -0.15) is 0 Å². The van der Waals surface area contributed by atoms with Gasteiger partial charge < -0.3 is 15.4 Å². The first kappa shape index (κ1) is 17.9. The number of fused-ring (bicyclic) bond motifs is 2. The van der Waals surface area contributed by atoms with Gasteiger partial charge >= 0.3 is 6.09 Å². The summed E-state index contributed by atoms with van der Waals surface area (Å²) in [7, 11) is 0. The summed E-state index contributed by atoms with van der Waals surface area (Å²) in [4.78, 5) is 33.3. The Balaban J connectivity index is 1.66. The van der Waals surface area contributed by atoms with Crippen LogP contribution in [0.1, 0.15) is 16.1 Å². The molecule has 0 unspecified atom stereocenters. The lowest BCUT2D eigenvalue weighted by Crippen LogP contribution is -2.31. The zero-order chi connectivity index (χ0) is 20.7. The van der Waals surface area contributed by atoms with Crippen molar-refractivity contribution >= 4 is 34.4 Å². The summed E-state index contributed by atoms with van der Waals surface area (Å²) in [5.74, 6) is 0.219. The van der Waals surface area contributed by atoms with Crippen molar-refractivity contribution in [3.8, 4) is 11.3 Å². The van der Waals surface area contributed by atoms with Crippen LogP contribution in [0.3, 0.4) is 0 Å². The summed E-state index contributed by atoms with van der Waals surface area (Å²) >= 11 is 0. The van der Waals surface area contributed by atoms with E-state index in [0.717, 1.165) is 33.7 Å². The van der Waals surface area contributed by atoms with E-state index in [1.807, 2.05) is 36.4 Å². The molecule has 0 saturated carbocycles. The second kappa shape index (κ2) is 7.04. The molecule has 0 spiro atoms. The largest absolute Gasteiger partial charge is 0.464 e. The molecule has 30 heavy (non-hydrogen) atoms. The number of pyridine rings is 1. The van der Waals surface area contributed by atoms with E-state index in [1.165, 1.54) is 0 Å². The van der Waals surface area contributed by atoms with Crippen molar-refractivity contribution in [3.05, 3.63) is 78.0 Å². The van der Waals surface area contributed by atoms with E-state index < -0.39 is 6.09 Å². The molecule has 0 radical (unpaired) electrons. The van der Waals surface area contributed by atoms with Gasteiger partial charge in [0.05, 0.1) is 16.8 Å². The Labute approximate surface area is 172 Å². The van der Waals surface area contributed by atoms with Crippen LogP contribution in [-0.4, -0.2) is 33.6 Å². The number of carboxylic acid groups (broad SMARTS) is 1. The number of aromatic nitrogens is 2. The molecule has 0 saturated heterocycles. The van der Waals surface area contributed by atoms with E-state index in [0.29, 0.717) is 29.1 Å². The molecule has 2 aromatic carbocycles. The molecule has 0 aliphatic carbocycles. The summed E-state index contributed by atoms with van der Waals surface area (Å²) in [6.45, 7) is 0.606. The van der Waals surface area contributed by atoms with Gasteiger partial charge in [-0.15, -0.1) is 0 Å². The fraction of sp³-hybridized carbons (Fsp3) is 0.0870. The summed E-state index contributed by atoms with van der Waals surface area (Å²) in [6, 6.07) is 20.0. The number of nitrogens with one attached hydrogen (secondary N) is 2. The minimum Gasteiger partial charge on any atom is -0.464 e. The second-order valence-corrected chi connectivity index (χ2v) is 7.08. The molecular weight excluding hydrogens is 380 g/mol. The lowest BCUT2D eigenvalue weighted by molar-refractivity contribution is 0.0946. The van der Waals surface area contributed by atoms with Crippen LogP contribution in [0.25, 0.3) is 22.2 Å². The average molecular weight is 398 g/mol. The number of hydrogen-bond acceptors (Lipinski definition) is 3. The summed E-state index contributed by atoms with van der Waals surface area (Å²) < 4.78 is 0. The van der Waals surface area contributed by atoms with Gasteiger partial charge in [-0.05, 0) is 30.3 Å². The maximum absolute atomic E-state index is 12.2. The van der Waals surface area contributed by atoms with Crippen LogP contribution in [0.5, 0.6) is 0 Å². The number of amides is 2. The number of carbonyl (C=O) groups excluding carboxylic acids is 1. The van der Waals surface area contributed by atoms with Crippen LogP contribution < -0.4 is 10.2 Å². The van der Waals surface area contributed by atoms with Gasteiger partial charge in [0, 0.05) is 35.3 Å². The van der Waals surface area contributed by atoms with E-state index in [4.69, 9.17) is 4.98 Å². The lowest BCUT2D eigenvalue weighted by atomic mass is 10.1. The predicted molar refractivity (Wildman–Crippen MR) is 114 cm³/mol. The molecule has 3 heterocycles. The molecule has 2 aromatic heterocycles. The van der Waals surface area contributed by atoms with E-state index in [1.54, 1.807) is 30.3 Å². The zero-order valence-electron chi connectivity index (χ0n) is 15.9. The molecule has 2 amide bonds. The SMILES string of the molecule is O=C1NCCc2[nH]c(-c3cccc4ccc(N(C(=O)O)c5ccccc5)nc34)cc21. The highest BCUT2D eigenvalue weighted by Gasteiger charge is 2.22. The molecule has 3 N–H and O–H groups in total. The zero-order valence-corrected chi connectivity index (χ0v) is 15.9. The van der Waals surface area contributed by atoms with E-state index in [2.05, 4.69) is 10.3 Å². The number of hydrogen-bond donors (Lipinski definition) is 3. The molecule has 5 rings (SSSR count). The van der Waals surface area contributed by atoms with Crippen molar-refractivity contribution in [2.45, 2.75) is 6.42 Å². The Morgan fingerprint density at radius 3 is 2.60 bits per heavy atom. The van der Waals surface area contributed by atoms with Crippen LogP contribution in [0, 0.1) is 0 Å². The van der Waals surface area contributed by atoms with Gasteiger partial charge in [0.25, 0.3) is 5.91 Å². The van der Waals surface area contributed by atoms with Crippen molar-refractivity contribution in [2.75, 3.05) is 11.4 Å². The van der Waals surface area contributed by atoms with Crippen LogP contribution in [0.15, 0.2) is 66.7 Å². The fourth-order valence-electron chi connectivity index (χ4n) is 3.83. The highest BCUT2D eigenvalue weighted by Crippen LogP contribution is 2.32. The summed E-state index contributed by atoms with van der Waals surface area (Å²) in [6.07, 6.45) is -0.372. The molecular formula is C23H18N4O3. The third-order valence-corrected chi connectivity index (χ3v) is 5.24. The van der Waals surface area contributed by atoms with Gasteiger partial charge in [-0.25, -0.2) is 14.7 Å². The number of para-hydroxylation sites is 2. The molecule has 0 fully saturated rings. The molecule has 7 nitrogen and oxygen atoms in total. The van der Waals surface area contributed by atoms with E-state index in [-0.39, 0.29) is 5.91 Å². The van der Waals surface area contributed by atoms with Gasteiger partial charge in [0.15, 0.2) is 0 Å². The molecule has 7 heteroatoms. The Morgan fingerprint density at radius 2 is 1.83 bits per heavy atom. The Bertz CT molecular complexity index is 1280. The number of nitrogens with zero attached hydrogens (tertiary/aromatic N) is 2. The van der Waals surface area contributed by atoms with Crippen molar-refractivity contribution in [1.29, 1.82) is 0 Å². The molecule has 1 aliphatic heterocycles. The van der Waals surface area contributed by atoms with Crippen LogP contribution in [-0.2, 0) is 6.42 Å². The monoisotopic (exact) mass is 398 g/mol.